The highest BCUT2D eigenvalue weighted by Gasteiger charge is 2.43. The second-order valence-corrected chi connectivity index (χ2v) is 13.8. The van der Waals surface area contributed by atoms with Crippen molar-refractivity contribution in [2.45, 2.75) is 62.6 Å². The van der Waals surface area contributed by atoms with Crippen LogP contribution in [0.1, 0.15) is 60.0 Å². The third kappa shape index (κ3) is 8.66. The van der Waals surface area contributed by atoms with E-state index in [9.17, 15) is 24.6 Å². The molecule has 3 aromatic heterocycles. The molecule has 0 spiro atoms. The Morgan fingerprint density at radius 3 is 2.15 bits per heavy atom. The van der Waals surface area contributed by atoms with E-state index in [-0.39, 0.29) is 60.8 Å². The van der Waals surface area contributed by atoms with Crippen molar-refractivity contribution in [3.63, 3.8) is 0 Å². The number of carbonyl (C=O) groups excluding carboxylic acids is 3. The lowest BCUT2D eigenvalue weighted by Gasteiger charge is -2.33. The molecule has 2 aromatic carbocycles. The number of hydrogen-bond acceptors (Lipinski definition) is 11. The first-order valence-corrected chi connectivity index (χ1v) is 18.5. The third-order valence-corrected chi connectivity index (χ3v) is 10.1. The molecule has 4 amide bonds. The van der Waals surface area contributed by atoms with Crippen LogP contribution in [-0.2, 0) is 4.79 Å². The molecule has 55 heavy (non-hydrogen) atoms. The highest BCUT2D eigenvalue weighted by Crippen LogP contribution is 2.35. The van der Waals surface area contributed by atoms with Gasteiger partial charge in [-0.05, 0) is 42.5 Å². The first-order chi connectivity index (χ1) is 26.7. The molecule has 7 rings (SSSR count). The number of amides is 4. The molecule has 0 bridgehead atoms. The topological polar surface area (TPSA) is 212 Å². The van der Waals surface area contributed by atoms with Crippen molar-refractivity contribution in [3.8, 4) is 0 Å². The fraction of sp³-hybridized carbons (Fsp3) is 0.359. The largest absolute Gasteiger partial charge is 0.388 e. The number of anilines is 2. The summed E-state index contributed by atoms with van der Waals surface area (Å²) in [7, 11) is 0. The SMILES string of the molecule is CC(=O)N[C@H]1C[C@@H](n2cnc3c(NC(c4ccccc4)c4ccccc4)nc(C(=O)NCCNC(=O)NC4CCN(c5ccccn5)CC4)nc32)[C@H](O)[C@@H]1O. The molecule has 2 aliphatic rings. The minimum atomic E-state index is -1.25. The van der Waals surface area contributed by atoms with E-state index in [0.29, 0.717) is 5.52 Å². The molecule has 5 aromatic rings. The Kier molecular flexibility index (Phi) is 11.4. The van der Waals surface area contributed by atoms with Crippen LogP contribution in [0.5, 0.6) is 0 Å². The van der Waals surface area contributed by atoms with E-state index in [1.54, 1.807) is 10.8 Å². The molecule has 2 fully saturated rings. The molecular formula is C39H45N11O5. The van der Waals surface area contributed by atoms with E-state index in [1.807, 2.05) is 78.9 Å². The van der Waals surface area contributed by atoms with E-state index >= 15 is 0 Å². The molecule has 4 atom stereocenters. The lowest BCUT2D eigenvalue weighted by atomic mass is 9.99. The molecule has 0 radical (unpaired) electrons. The number of aliphatic hydroxyl groups excluding tert-OH is 2. The average Bonchev–Trinajstić information content (AvgIpc) is 3.75. The van der Waals surface area contributed by atoms with E-state index < -0.39 is 30.2 Å². The number of urea groups is 1. The number of aromatic nitrogens is 5. The molecule has 1 saturated heterocycles. The van der Waals surface area contributed by atoms with Gasteiger partial charge in [0, 0.05) is 45.3 Å². The maximum absolute atomic E-state index is 13.7. The van der Waals surface area contributed by atoms with Crippen molar-refractivity contribution >= 4 is 40.6 Å². The summed E-state index contributed by atoms with van der Waals surface area (Å²) in [4.78, 5) is 58.7. The number of imidazole rings is 1. The van der Waals surface area contributed by atoms with E-state index in [4.69, 9.17) is 0 Å². The maximum atomic E-state index is 13.7. The number of nitrogens with one attached hydrogen (secondary N) is 5. The molecule has 16 heteroatoms. The van der Waals surface area contributed by atoms with Gasteiger partial charge in [0.1, 0.15) is 18.0 Å². The quantitative estimate of drug-likeness (QED) is 0.0921. The van der Waals surface area contributed by atoms with Crippen molar-refractivity contribution in [2.75, 3.05) is 36.4 Å². The van der Waals surface area contributed by atoms with E-state index in [1.165, 1.54) is 13.3 Å². The number of rotatable bonds is 12. The Hall–Kier alpha value is -6.13. The normalized spacial score (nSPS) is 20.0. The second-order valence-electron chi connectivity index (χ2n) is 13.8. The lowest BCUT2D eigenvalue weighted by Crippen LogP contribution is -2.49. The van der Waals surface area contributed by atoms with Crippen LogP contribution in [0, 0.1) is 0 Å². The number of carbonyl (C=O) groups is 3. The van der Waals surface area contributed by atoms with Gasteiger partial charge in [-0.2, -0.15) is 0 Å². The van der Waals surface area contributed by atoms with Gasteiger partial charge in [0.2, 0.25) is 11.7 Å². The highest BCUT2D eigenvalue weighted by molar-refractivity contribution is 5.94. The van der Waals surface area contributed by atoms with Crippen LogP contribution in [0.2, 0.25) is 0 Å². The summed E-state index contributed by atoms with van der Waals surface area (Å²) >= 11 is 0. The zero-order valence-corrected chi connectivity index (χ0v) is 30.4. The summed E-state index contributed by atoms with van der Waals surface area (Å²) in [6.07, 6.45) is 2.57. The maximum Gasteiger partial charge on any atom is 0.315 e. The van der Waals surface area contributed by atoms with Gasteiger partial charge in [-0.15, -0.1) is 0 Å². The fourth-order valence-corrected chi connectivity index (χ4v) is 7.30. The molecule has 1 saturated carbocycles. The molecule has 1 aliphatic carbocycles. The summed E-state index contributed by atoms with van der Waals surface area (Å²) in [5, 5.41) is 36.7. The van der Waals surface area contributed by atoms with Gasteiger partial charge in [-0.25, -0.2) is 24.7 Å². The molecule has 16 nitrogen and oxygen atoms in total. The summed E-state index contributed by atoms with van der Waals surface area (Å²) in [6, 6.07) is 23.3. The van der Waals surface area contributed by atoms with Gasteiger partial charge in [0.15, 0.2) is 17.0 Å². The van der Waals surface area contributed by atoms with Crippen molar-refractivity contribution in [1.29, 1.82) is 0 Å². The number of pyridine rings is 1. The van der Waals surface area contributed by atoms with Gasteiger partial charge in [-0.3, -0.25) is 9.59 Å². The predicted molar refractivity (Wildman–Crippen MR) is 205 cm³/mol. The first-order valence-electron chi connectivity index (χ1n) is 18.5. The third-order valence-electron chi connectivity index (χ3n) is 10.1. The van der Waals surface area contributed by atoms with Crippen LogP contribution in [-0.4, -0.2) is 103 Å². The zero-order chi connectivity index (χ0) is 38.3. The summed E-state index contributed by atoms with van der Waals surface area (Å²) in [5.74, 6) is 0.133. The predicted octanol–water partition coefficient (Wildman–Crippen LogP) is 2.29. The molecular weight excluding hydrogens is 703 g/mol. The molecule has 286 valence electrons. The van der Waals surface area contributed by atoms with Crippen LogP contribution in [0.3, 0.4) is 0 Å². The van der Waals surface area contributed by atoms with Crippen molar-refractivity contribution in [3.05, 3.63) is 108 Å². The standard InChI is InChI=1S/C39H45N11O5/c1-24(51)44-28-22-29(34(53)33(28)52)50-23-43-32-35(46-31(25-10-4-2-5-11-25)26-12-6-3-7-13-26)47-36(48-37(32)50)38(54)41-18-19-42-39(55)45-27-15-20-49(21-16-27)30-14-8-9-17-40-30/h2-14,17,23,27-29,31,33-34,52-53H,15-16,18-22H2,1H3,(H,41,54)(H,44,51)(H2,42,45,55)(H,46,47,48)/t28-,29+,33+,34-/m0/s1. The van der Waals surface area contributed by atoms with Crippen molar-refractivity contribution < 1.29 is 24.6 Å². The van der Waals surface area contributed by atoms with Crippen LogP contribution >= 0.6 is 0 Å². The van der Waals surface area contributed by atoms with E-state index in [0.717, 1.165) is 42.9 Å². The van der Waals surface area contributed by atoms with Gasteiger partial charge in [-0.1, -0.05) is 66.7 Å². The molecule has 1 aliphatic heterocycles. The van der Waals surface area contributed by atoms with Gasteiger partial charge < -0.3 is 46.3 Å². The minimum absolute atomic E-state index is 0.0223. The lowest BCUT2D eigenvalue weighted by molar-refractivity contribution is -0.120. The average molecular weight is 748 g/mol. The summed E-state index contributed by atoms with van der Waals surface area (Å²) in [6.45, 7) is 3.19. The number of nitrogens with zero attached hydrogens (tertiary/aromatic N) is 6. The van der Waals surface area contributed by atoms with E-state index in [2.05, 4.69) is 51.4 Å². The van der Waals surface area contributed by atoms with Gasteiger partial charge >= 0.3 is 6.03 Å². The fourth-order valence-electron chi connectivity index (χ4n) is 7.30. The molecule has 7 N–H and O–H groups in total. The number of benzene rings is 2. The van der Waals surface area contributed by atoms with Crippen LogP contribution in [0.15, 0.2) is 91.4 Å². The summed E-state index contributed by atoms with van der Waals surface area (Å²) < 4.78 is 1.61. The zero-order valence-electron chi connectivity index (χ0n) is 30.4. The monoisotopic (exact) mass is 747 g/mol. The van der Waals surface area contributed by atoms with Crippen LogP contribution in [0.25, 0.3) is 11.2 Å². The van der Waals surface area contributed by atoms with Gasteiger partial charge in [0.25, 0.3) is 5.91 Å². The minimum Gasteiger partial charge on any atom is -0.388 e. The Morgan fingerprint density at radius 2 is 1.49 bits per heavy atom. The number of hydrogen-bond donors (Lipinski definition) is 7. The second kappa shape index (κ2) is 16.9. The Bertz CT molecular complexity index is 2040. The Labute approximate surface area is 317 Å². The first kappa shape index (κ1) is 37.2. The van der Waals surface area contributed by atoms with Crippen LogP contribution in [0.4, 0.5) is 16.4 Å². The number of fused-ring (bicyclic) bond motifs is 1. The highest BCUT2D eigenvalue weighted by atomic mass is 16.3. The smallest absolute Gasteiger partial charge is 0.315 e. The molecule has 0 unspecified atom stereocenters. The number of piperidine rings is 1. The Morgan fingerprint density at radius 1 is 0.818 bits per heavy atom. The summed E-state index contributed by atoms with van der Waals surface area (Å²) in [5.41, 5.74) is 2.50. The number of aliphatic hydroxyl groups is 2. The van der Waals surface area contributed by atoms with Crippen LogP contribution < -0.4 is 31.5 Å². The van der Waals surface area contributed by atoms with Gasteiger partial charge in [0.05, 0.1) is 24.5 Å². The van der Waals surface area contributed by atoms with Crippen molar-refractivity contribution in [2.24, 2.45) is 0 Å². The Balaban J connectivity index is 1.07. The molecule has 4 heterocycles. The van der Waals surface area contributed by atoms with Crippen molar-refractivity contribution in [1.82, 2.24) is 45.8 Å².